The fourth-order valence-corrected chi connectivity index (χ4v) is 9.61. The van der Waals surface area contributed by atoms with E-state index in [0.717, 1.165) is 0 Å². The van der Waals surface area contributed by atoms with E-state index in [9.17, 15) is 0 Å². The molecule has 0 amide bonds. The van der Waals surface area contributed by atoms with E-state index in [1.165, 1.54) is 97.4 Å². The van der Waals surface area contributed by atoms with Gasteiger partial charge in [-0.3, -0.25) is 0 Å². The summed E-state index contributed by atoms with van der Waals surface area (Å²) in [6.45, 7) is 4.80. The molecular weight excluding hydrogens is 597 g/mol. The van der Waals surface area contributed by atoms with Crippen LogP contribution in [0.15, 0.2) is 158 Å². The molecule has 1 aromatic heterocycles. The zero-order valence-electron chi connectivity index (χ0n) is 26.9. The van der Waals surface area contributed by atoms with Crippen LogP contribution < -0.4 is 0 Å². The van der Waals surface area contributed by atoms with Crippen LogP contribution in [0.4, 0.5) is 0 Å². The summed E-state index contributed by atoms with van der Waals surface area (Å²) in [7, 11) is 0. The van der Waals surface area contributed by atoms with E-state index in [1.807, 2.05) is 11.3 Å². The van der Waals surface area contributed by atoms with Gasteiger partial charge in [0, 0.05) is 25.6 Å². The lowest BCUT2D eigenvalue weighted by atomic mass is 9.80. The summed E-state index contributed by atoms with van der Waals surface area (Å²) in [5.41, 5.74) is 13.1. The van der Waals surface area contributed by atoms with E-state index in [1.54, 1.807) is 0 Å². The summed E-state index contributed by atoms with van der Waals surface area (Å²) in [4.78, 5) is 0. The Kier molecular flexibility index (Phi) is 5.89. The Morgan fingerprint density at radius 3 is 1.56 bits per heavy atom. The molecular formula is C47H32S. The minimum absolute atomic E-state index is 0.0650. The average Bonchev–Trinajstić information content (AvgIpc) is 3.62. The molecule has 1 heteroatoms. The number of rotatable bonds is 3. The molecule has 0 N–H and O–H groups in total. The zero-order valence-corrected chi connectivity index (χ0v) is 27.7. The van der Waals surface area contributed by atoms with Crippen LogP contribution in [0.5, 0.6) is 0 Å². The van der Waals surface area contributed by atoms with Gasteiger partial charge in [0.15, 0.2) is 0 Å². The van der Waals surface area contributed by atoms with E-state index >= 15 is 0 Å². The first kappa shape index (κ1) is 27.6. The number of benzene rings is 8. The van der Waals surface area contributed by atoms with Gasteiger partial charge in [-0.2, -0.15) is 0 Å². The molecule has 0 saturated carbocycles. The number of hydrogen-bond acceptors (Lipinski definition) is 1. The predicted octanol–water partition coefficient (Wildman–Crippen LogP) is 13.7. The molecule has 226 valence electrons. The average molecular weight is 629 g/mol. The van der Waals surface area contributed by atoms with Gasteiger partial charge < -0.3 is 0 Å². The van der Waals surface area contributed by atoms with Gasteiger partial charge in [0.25, 0.3) is 0 Å². The first-order valence-electron chi connectivity index (χ1n) is 16.8. The van der Waals surface area contributed by atoms with Crippen molar-refractivity contribution in [3.63, 3.8) is 0 Å². The summed E-state index contributed by atoms with van der Waals surface area (Å²) in [6.07, 6.45) is 0. The minimum atomic E-state index is -0.0650. The maximum atomic E-state index is 2.43. The molecule has 1 heterocycles. The Balaban J connectivity index is 1.12. The van der Waals surface area contributed by atoms with Crippen LogP contribution in [0.1, 0.15) is 25.0 Å². The highest BCUT2D eigenvalue weighted by Gasteiger charge is 2.37. The first-order chi connectivity index (χ1) is 23.6. The van der Waals surface area contributed by atoms with Gasteiger partial charge >= 0.3 is 0 Å². The third-order valence-electron chi connectivity index (χ3n) is 10.7. The molecule has 0 saturated heterocycles. The van der Waals surface area contributed by atoms with Crippen molar-refractivity contribution < 1.29 is 0 Å². The van der Waals surface area contributed by atoms with Gasteiger partial charge in [-0.1, -0.05) is 153 Å². The monoisotopic (exact) mass is 628 g/mol. The summed E-state index contributed by atoms with van der Waals surface area (Å²) >= 11 is 1.91. The van der Waals surface area contributed by atoms with Gasteiger partial charge in [-0.15, -0.1) is 11.3 Å². The normalized spacial score (nSPS) is 13.4. The number of hydrogen-bond donors (Lipinski definition) is 0. The van der Waals surface area contributed by atoms with Crippen LogP contribution in [0, 0.1) is 0 Å². The van der Waals surface area contributed by atoms with Crippen LogP contribution in [-0.2, 0) is 5.41 Å². The zero-order chi connectivity index (χ0) is 32.0. The van der Waals surface area contributed by atoms with Crippen molar-refractivity contribution >= 4 is 53.1 Å². The highest BCUT2D eigenvalue weighted by molar-refractivity contribution is 7.25. The molecule has 0 bridgehead atoms. The Morgan fingerprint density at radius 2 is 0.917 bits per heavy atom. The third-order valence-corrected chi connectivity index (χ3v) is 11.8. The molecule has 48 heavy (non-hydrogen) atoms. The van der Waals surface area contributed by atoms with E-state index < -0.39 is 0 Å². The van der Waals surface area contributed by atoms with Crippen molar-refractivity contribution in [3.05, 3.63) is 169 Å². The van der Waals surface area contributed by atoms with Gasteiger partial charge in [0.2, 0.25) is 0 Å². The molecule has 0 aliphatic heterocycles. The second kappa shape index (κ2) is 10.2. The SMILES string of the molecule is CC1(C)c2ccc(-c3ccc(-c4c5ccccc5c(-c5ccccc5)c5ccccc45)cc3)cc2-c2ccc3sc4ccccc4c3c21. The number of fused-ring (bicyclic) bond motifs is 9. The van der Waals surface area contributed by atoms with Crippen molar-refractivity contribution in [2.75, 3.05) is 0 Å². The maximum absolute atomic E-state index is 2.43. The molecule has 8 aromatic carbocycles. The van der Waals surface area contributed by atoms with Gasteiger partial charge in [-0.25, -0.2) is 0 Å². The molecule has 0 unspecified atom stereocenters. The first-order valence-corrected chi connectivity index (χ1v) is 17.6. The minimum Gasteiger partial charge on any atom is -0.135 e. The molecule has 10 rings (SSSR count). The van der Waals surface area contributed by atoms with Crippen LogP contribution in [-0.4, -0.2) is 0 Å². The van der Waals surface area contributed by atoms with Crippen LogP contribution >= 0.6 is 11.3 Å². The van der Waals surface area contributed by atoms with Crippen LogP contribution in [0.3, 0.4) is 0 Å². The maximum Gasteiger partial charge on any atom is 0.0358 e. The number of thiophene rings is 1. The lowest BCUT2D eigenvalue weighted by molar-refractivity contribution is 0.667. The Morgan fingerprint density at radius 1 is 0.396 bits per heavy atom. The second-order valence-corrected chi connectivity index (χ2v) is 14.7. The summed E-state index contributed by atoms with van der Waals surface area (Å²) in [5.74, 6) is 0. The molecule has 0 radical (unpaired) electrons. The highest BCUT2D eigenvalue weighted by atomic mass is 32.1. The summed E-state index contributed by atoms with van der Waals surface area (Å²) in [5, 5.41) is 7.95. The predicted molar refractivity (Wildman–Crippen MR) is 208 cm³/mol. The molecule has 0 spiro atoms. The largest absolute Gasteiger partial charge is 0.135 e. The lowest BCUT2D eigenvalue weighted by Gasteiger charge is -2.22. The fourth-order valence-electron chi connectivity index (χ4n) is 8.50. The quantitative estimate of drug-likeness (QED) is 0.171. The third kappa shape index (κ3) is 3.89. The Hall–Kier alpha value is -5.50. The van der Waals surface area contributed by atoms with Gasteiger partial charge in [-0.05, 0) is 95.4 Å². The summed E-state index contributed by atoms with van der Waals surface area (Å²) < 4.78 is 2.74. The molecule has 1 aliphatic carbocycles. The van der Waals surface area contributed by atoms with Crippen molar-refractivity contribution in [1.29, 1.82) is 0 Å². The van der Waals surface area contributed by atoms with Crippen LogP contribution in [0.25, 0.3) is 86.2 Å². The van der Waals surface area contributed by atoms with Crippen molar-refractivity contribution in [2.45, 2.75) is 19.3 Å². The van der Waals surface area contributed by atoms with Gasteiger partial charge in [0.1, 0.15) is 0 Å². The standard InChI is InChI=1S/C47H32S/c1-47(2)40-26-24-32(28-39(40)37-25-27-42-45(46(37)47)38-18-10-11-19-41(38)48-42)29-20-22-31(23-21-29)44-35-16-8-6-14-33(35)43(30-12-4-3-5-13-30)34-15-7-9-17-36(34)44/h3-28H,1-2H3. The van der Waals surface area contributed by atoms with Crippen LogP contribution in [0.2, 0.25) is 0 Å². The highest BCUT2D eigenvalue weighted by Crippen LogP contribution is 2.54. The van der Waals surface area contributed by atoms with Crippen molar-refractivity contribution in [3.8, 4) is 44.5 Å². The smallest absolute Gasteiger partial charge is 0.0358 e. The molecule has 1 aliphatic rings. The van der Waals surface area contributed by atoms with Crippen molar-refractivity contribution in [1.82, 2.24) is 0 Å². The van der Waals surface area contributed by atoms with Gasteiger partial charge in [0.05, 0.1) is 0 Å². The lowest BCUT2D eigenvalue weighted by Crippen LogP contribution is -2.15. The van der Waals surface area contributed by atoms with E-state index in [4.69, 9.17) is 0 Å². The van der Waals surface area contributed by atoms with E-state index in [-0.39, 0.29) is 5.41 Å². The molecule has 0 nitrogen and oxygen atoms in total. The Labute approximate surface area is 284 Å². The summed E-state index contributed by atoms with van der Waals surface area (Å²) in [6, 6.07) is 58.5. The second-order valence-electron chi connectivity index (χ2n) is 13.6. The van der Waals surface area contributed by atoms with E-state index in [0.29, 0.717) is 0 Å². The fraction of sp³-hybridized carbons (Fsp3) is 0.0638. The molecule has 9 aromatic rings. The topological polar surface area (TPSA) is 0 Å². The Bertz CT molecular complexity index is 2670. The molecule has 0 atom stereocenters. The van der Waals surface area contributed by atoms with Crippen molar-refractivity contribution in [2.24, 2.45) is 0 Å². The molecule has 0 fully saturated rings. The van der Waals surface area contributed by atoms with E-state index in [2.05, 4.69) is 172 Å².